The molecule has 1 fully saturated rings. The average molecular weight is 488 g/mol. The van der Waals surface area contributed by atoms with E-state index >= 15 is 0 Å². The molecule has 34 heavy (non-hydrogen) atoms. The van der Waals surface area contributed by atoms with E-state index in [4.69, 9.17) is 9.47 Å². The maximum absolute atomic E-state index is 12.5. The van der Waals surface area contributed by atoms with Crippen LogP contribution in [0.15, 0.2) is 47.4 Å². The van der Waals surface area contributed by atoms with E-state index in [0.717, 1.165) is 25.1 Å². The van der Waals surface area contributed by atoms with E-state index in [1.807, 2.05) is 0 Å². The van der Waals surface area contributed by atoms with E-state index in [9.17, 15) is 13.2 Å². The molecule has 2 aliphatic heterocycles. The van der Waals surface area contributed by atoms with Gasteiger partial charge in [-0.15, -0.1) is 0 Å². The number of hydrogen-bond acceptors (Lipinski definition) is 6. The topological polar surface area (TPSA) is 97.0 Å². The van der Waals surface area contributed by atoms with E-state index in [0.29, 0.717) is 57.1 Å². The summed E-state index contributed by atoms with van der Waals surface area (Å²) in [5.74, 6) is 1.02. The zero-order valence-corrected chi connectivity index (χ0v) is 20.2. The summed E-state index contributed by atoms with van der Waals surface area (Å²) in [4.78, 5) is 14.7. The Morgan fingerprint density at radius 2 is 1.65 bits per heavy atom. The Morgan fingerprint density at radius 1 is 0.912 bits per heavy atom. The fraction of sp³-hybridized carbons (Fsp3) is 0.480. The molecule has 2 heterocycles. The van der Waals surface area contributed by atoms with Crippen molar-refractivity contribution >= 4 is 21.6 Å². The number of nitrogens with zero attached hydrogens (tertiary/aromatic N) is 1. The van der Waals surface area contributed by atoms with Gasteiger partial charge in [0, 0.05) is 44.4 Å². The van der Waals surface area contributed by atoms with Gasteiger partial charge in [0.25, 0.3) is 0 Å². The van der Waals surface area contributed by atoms with Gasteiger partial charge in [0.2, 0.25) is 15.9 Å². The highest BCUT2D eigenvalue weighted by molar-refractivity contribution is 7.89. The summed E-state index contributed by atoms with van der Waals surface area (Å²) < 4.78 is 38.5. The number of benzene rings is 2. The molecule has 8 nitrogen and oxygen atoms in total. The molecule has 0 aliphatic carbocycles. The lowest BCUT2D eigenvalue weighted by atomic mass is 10.1. The smallest absolute Gasteiger partial charge is 0.240 e. The van der Waals surface area contributed by atoms with Crippen LogP contribution in [0.3, 0.4) is 0 Å². The third-order valence-electron chi connectivity index (χ3n) is 6.09. The number of unbranched alkanes of at least 4 members (excludes halogenated alkanes) is 2. The number of rotatable bonds is 11. The number of anilines is 1. The van der Waals surface area contributed by atoms with Gasteiger partial charge in [-0.3, -0.25) is 4.79 Å². The number of nitrogens with one attached hydrogen (secondary N) is 2. The molecule has 0 aromatic heterocycles. The Hall–Kier alpha value is -2.78. The summed E-state index contributed by atoms with van der Waals surface area (Å²) in [5, 5.41) is 2.96. The lowest BCUT2D eigenvalue weighted by Gasteiger charge is -2.18. The normalized spacial score (nSPS) is 15.4. The number of carbonyl (C=O) groups is 1. The van der Waals surface area contributed by atoms with E-state index in [-0.39, 0.29) is 10.8 Å². The molecular weight excluding hydrogens is 454 g/mol. The summed E-state index contributed by atoms with van der Waals surface area (Å²) in [6, 6.07) is 13.0. The number of amides is 1. The van der Waals surface area contributed by atoms with Crippen LogP contribution in [-0.2, 0) is 21.4 Å². The second-order valence-corrected chi connectivity index (χ2v) is 10.4. The molecule has 4 rings (SSSR count). The minimum Gasteiger partial charge on any atom is -0.486 e. The second-order valence-electron chi connectivity index (χ2n) is 8.65. The summed E-state index contributed by atoms with van der Waals surface area (Å²) in [6.07, 6.45) is 5.08. The van der Waals surface area contributed by atoms with E-state index in [1.54, 1.807) is 6.07 Å². The Bertz CT molecular complexity index is 1070. The van der Waals surface area contributed by atoms with Gasteiger partial charge in [-0.1, -0.05) is 18.6 Å². The van der Waals surface area contributed by atoms with E-state index in [1.165, 1.54) is 30.7 Å². The van der Waals surface area contributed by atoms with Crippen molar-refractivity contribution in [2.24, 2.45) is 0 Å². The minimum absolute atomic E-state index is 0.0143. The number of fused-ring (bicyclic) bond motifs is 1. The molecule has 0 atom stereocenters. The summed E-state index contributed by atoms with van der Waals surface area (Å²) in [5.41, 5.74) is 2.34. The van der Waals surface area contributed by atoms with Crippen molar-refractivity contribution in [3.05, 3.63) is 48.0 Å². The molecule has 2 aromatic rings. The molecule has 184 valence electrons. The van der Waals surface area contributed by atoms with Gasteiger partial charge < -0.3 is 19.7 Å². The molecule has 2 N–H and O–H groups in total. The summed E-state index contributed by atoms with van der Waals surface area (Å²) >= 11 is 0. The van der Waals surface area contributed by atoms with Gasteiger partial charge in [0.05, 0.1) is 4.90 Å². The number of ether oxygens (including phenoxy) is 2. The SMILES string of the molecule is O=C(CCCCCNS(=O)(=O)c1ccc2c(c1)OCCO2)NCc1ccc(N2CCCC2)cc1. The number of sulfonamides is 1. The Morgan fingerprint density at radius 3 is 2.41 bits per heavy atom. The third kappa shape index (κ3) is 6.64. The first kappa shape index (κ1) is 24.3. The van der Waals surface area contributed by atoms with Crippen LogP contribution in [0.2, 0.25) is 0 Å². The highest BCUT2D eigenvalue weighted by atomic mass is 32.2. The van der Waals surface area contributed by atoms with Crippen molar-refractivity contribution in [3.63, 3.8) is 0 Å². The lowest BCUT2D eigenvalue weighted by Crippen LogP contribution is -2.25. The molecule has 0 spiro atoms. The maximum atomic E-state index is 12.5. The molecule has 1 amide bonds. The van der Waals surface area contributed by atoms with E-state index < -0.39 is 10.0 Å². The van der Waals surface area contributed by atoms with E-state index in [2.05, 4.69) is 39.2 Å². The zero-order valence-electron chi connectivity index (χ0n) is 19.4. The summed E-state index contributed by atoms with van der Waals surface area (Å²) in [6.45, 7) is 3.95. The third-order valence-corrected chi connectivity index (χ3v) is 7.55. The first-order valence-electron chi connectivity index (χ1n) is 12.0. The van der Waals surface area contributed by atoms with Gasteiger partial charge >= 0.3 is 0 Å². The van der Waals surface area contributed by atoms with Crippen molar-refractivity contribution in [1.29, 1.82) is 0 Å². The highest BCUT2D eigenvalue weighted by Crippen LogP contribution is 2.32. The van der Waals surface area contributed by atoms with Crippen LogP contribution in [0, 0.1) is 0 Å². The predicted molar refractivity (Wildman–Crippen MR) is 131 cm³/mol. The first-order chi connectivity index (χ1) is 16.5. The van der Waals surface area contributed by atoms with Crippen molar-refractivity contribution in [2.45, 2.75) is 50.0 Å². The van der Waals surface area contributed by atoms with Crippen LogP contribution in [0.25, 0.3) is 0 Å². The van der Waals surface area contributed by atoms with Crippen LogP contribution >= 0.6 is 0 Å². The van der Waals surface area contributed by atoms with Gasteiger partial charge in [-0.05, 0) is 55.5 Å². The van der Waals surface area contributed by atoms with Crippen molar-refractivity contribution in [2.75, 3.05) is 37.7 Å². The number of hydrogen-bond donors (Lipinski definition) is 2. The largest absolute Gasteiger partial charge is 0.486 e. The molecular formula is C25H33N3O5S. The van der Waals surface area contributed by atoms with Crippen LogP contribution in [0.4, 0.5) is 5.69 Å². The van der Waals surface area contributed by atoms with Crippen LogP contribution in [0.1, 0.15) is 44.1 Å². The van der Waals surface area contributed by atoms with Crippen LogP contribution < -0.4 is 24.4 Å². The highest BCUT2D eigenvalue weighted by Gasteiger charge is 2.19. The van der Waals surface area contributed by atoms with Gasteiger partial charge in [-0.25, -0.2) is 13.1 Å². The molecule has 2 aromatic carbocycles. The Kier molecular flexibility index (Phi) is 8.29. The average Bonchev–Trinajstić information content (AvgIpc) is 3.40. The Balaban J connectivity index is 1.10. The molecule has 0 saturated carbocycles. The second kappa shape index (κ2) is 11.6. The fourth-order valence-corrected chi connectivity index (χ4v) is 5.25. The van der Waals surface area contributed by atoms with Crippen LogP contribution in [-0.4, -0.2) is 47.2 Å². The molecule has 0 unspecified atom stereocenters. The maximum Gasteiger partial charge on any atom is 0.240 e. The van der Waals surface area contributed by atoms with Crippen molar-refractivity contribution in [1.82, 2.24) is 10.0 Å². The lowest BCUT2D eigenvalue weighted by molar-refractivity contribution is -0.121. The molecule has 2 aliphatic rings. The fourth-order valence-electron chi connectivity index (χ4n) is 4.16. The molecule has 0 radical (unpaired) electrons. The van der Waals surface area contributed by atoms with Gasteiger partial charge in [0.15, 0.2) is 11.5 Å². The summed E-state index contributed by atoms with van der Waals surface area (Å²) in [7, 11) is -3.61. The van der Waals surface area contributed by atoms with Crippen molar-refractivity contribution < 1.29 is 22.7 Å². The monoisotopic (exact) mass is 487 g/mol. The molecule has 0 bridgehead atoms. The quantitative estimate of drug-likeness (QED) is 0.473. The minimum atomic E-state index is -3.61. The van der Waals surface area contributed by atoms with Gasteiger partial charge in [0.1, 0.15) is 13.2 Å². The molecule has 1 saturated heterocycles. The van der Waals surface area contributed by atoms with Crippen molar-refractivity contribution in [3.8, 4) is 11.5 Å². The molecule has 9 heteroatoms. The Labute approximate surface area is 201 Å². The van der Waals surface area contributed by atoms with Gasteiger partial charge in [-0.2, -0.15) is 0 Å². The first-order valence-corrected chi connectivity index (χ1v) is 13.5. The number of carbonyl (C=O) groups excluding carboxylic acids is 1. The standard InChI is InChI=1S/C25H33N3O5S/c29-25(26-19-20-7-9-21(10-8-20)28-14-4-5-15-28)6-2-1-3-13-27-34(30,31)22-11-12-23-24(18-22)33-17-16-32-23/h7-12,18,27H,1-6,13-17,19H2,(H,26,29). The zero-order chi connectivity index (χ0) is 23.8. The van der Waals surface area contributed by atoms with Crippen LogP contribution in [0.5, 0.6) is 11.5 Å². The predicted octanol–water partition coefficient (Wildman–Crippen LogP) is 3.21.